The number of benzene rings is 1. The predicted molar refractivity (Wildman–Crippen MR) is 133 cm³/mol. The number of aryl methyl sites for hydroxylation is 1. The lowest BCUT2D eigenvalue weighted by Gasteiger charge is -2.33. The first-order valence-electron chi connectivity index (χ1n) is 12.2. The summed E-state index contributed by atoms with van der Waals surface area (Å²) in [6.45, 7) is 4.35. The van der Waals surface area contributed by atoms with Crippen LogP contribution in [0, 0.1) is 6.92 Å². The minimum atomic E-state index is -1.28. The van der Waals surface area contributed by atoms with Gasteiger partial charge in [-0.15, -0.1) is 0 Å². The highest BCUT2D eigenvalue weighted by Gasteiger charge is 2.40. The number of nitrogens with zero attached hydrogens (tertiary/aromatic N) is 3. The number of rotatable bonds is 7. The molecule has 1 saturated heterocycles. The first-order chi connectivity index (χ1) is 17.7. The number of hydrogen-bond donors (Lipinski definition) is 3. The molecule has 4 amide bonds. The molecule has 1 aromatic carbocycles. The van der Waals surface area contributed by atoms with Crippen molar-refractivity contribution in [2.75, 3.05) is 19.6 Å². The lowest BCUT2D eigenvalue weighted by atomic mass is 9.64. The second-order valence-corrected chi connectivity index (χ2v) is 9.28. The van der Waals surface area contributed by atoms with Gasteiger partial charge in [0.05, 0.1) is 11.9 Å². The van der Waals surface area contributed by atoms with Gasteiger partial charge in [0.15, 0.2) is 5.78 Å². The number of Topliss-reactive ketones (excluding diaryl/α,β-unsaturated/α-hetero) is 1. The van der Waals surface area contributed by atoms with Gasteiger partial charge >= 0.3 is 25.0 Å². The van der Waals surface area contributed by atoms with E-state index in [2.05, 4.69) is 10.3 Å². The Bertz CT molecular complexity index is 1210. The highest BCUT2D eigenvalue weighted by molar-refractivity contribution is 6.46. The average molecular weight is 508 g/mol. The number of carbonyl (C=O) groups excluding carboxylic acids is 4. The molecule has 0 bridgehead atoms. The number of para-hydroxylation sites is 1. The lowest BCUT2D eigenvalue weighted by molar-refractivity contribution is -0.153. The number of hydrogen-bond acceptors (Lipinski definition) is 8. The van der Waals surface area contributed by atoms with Crippen LogP contribution in [0.1, 0.15) is 42.6 Å². The monoisotopic (exact) mass is 508 g/mol. The van der Waals surface area contributed by atoms with Crippen LogP contribution >= 0.6 is 0 Å². The van der Waals surface area contributed by atoms with E-state index in [0.717, 1.165) is 22.2 Å². The Balaban J connectivity index is 1.52. The molecule has 11 nitrogen and oxygen atoms in total. The van der Waals surface area contributed by atoms with Crippen LogP contribution in [0.15, 0.2) is 36.5 Å². The fraction of sp³-hybridized carbons (Fsp3) is 0.400. The molecule has 0 spiro atoms. The van der Waals surface area contributed by atoms with E-state index >= 15 is 0 Å². The van der Waals surface area contributed by atoms with Gasteiger partial charge in [0.25, 0.3) is 0 Å². The second-order valence-electron chi connectivity index (χ2n) is 9.28. The number of nitrogens with one attached hydrogen (secondary N) is 1. The van der Waals surface area contributed by atoms with Gasteiger partial charge in [-0.1, -0.05) is 25.1 Å². The maximum atomic E-state index is 13.5. The van der Waals surface area contributed by atoms with Crippen molar-refractivity contribution < 1.29 is 34.0 Å². The summed E-state index contributed by atoms with van der Waals surface area (Å²) in [5.74, 6) is -2.33. The third kappa shape index (κ3) is 5.58. The van der Waals surface area contributed by atoms with E-state index in [-0.39, 0.29) is 31.0 Å². The molecule has 0 saturated carbocycles. The van der Waals surface area contributed by atoms with E-state index in [4.69, 9.17) is 4.65 Å². The normalized spacial score (nSPS) is 18.2. The van der Waals surface area contributed by atoms with Crippen LogP contribution in [0.2, 0.25) is 5.82 Å². The minimum absolute atomic E-state index is 0.00830. The zero-order valence-electron chi connectivity index (χ0n) is 20.7. The third-order valence-corrected chi connectivity index (χ3v) is 6.58. The number of fused-ring (bicyclic) bond motifs is 1. The molecular weight excluding hydrogens is 479 g/mol. The molecule has 0 radical (unpaired) electrons. The van der Waals surface area contributed by atoms with Crippen LogP contribution in [0.25, 0.3) is 0 Å². The molecule has 0 aliphatic carbocycles. The Morgan fingerprint density at radius 3 is 2.70 bits per heavy atom. The number of pyridine rings is 1. The molecule has 2 aliphatic heterocycles. The molecular formula is C25H29BN4O7. The largest absolute Gasteiger partial charge is 0.536 e. The fourth-order valence-corrected chi connectivity index (χ4v) is 4.63. The van der Waals surface area contributed by atoms with Gasteiger partial charge in [-0.2, -0.15) is 0 Å². The summed E-state index contributed by atoms with van der Waals surface area (Å²) in [5.41, 5.74) is 1.88. The zero-order valence-corrected chi connectivity index (χ0v) is 20.7. The van der Waals surface area contributed by atoms with Crippen molar-refractivity contribution in [3.63, 3.8) is 0 Å². The summed E-state index contributed by atoms with van der Waals surface area (Å²) in [5, 5.41) is 22.7. The lowest BCUT2D eigenvalue weighted by Crippen LogP contribution is -2.59. The summed E-state index contributed by atoms with van der Waals surface area (Å²) in [7, 11) is -1.23. The fourth-order valence-electron chi connectivity index (χ4n) is 4.63. The van der Waals surface area contributed by atoms with Crippen LogP contribution in [0.4, 0.5) is 4.79 Å². The van der Waals surface area contributed by atoms with Gasteiger partial charge in [-0.05, 0) is 43.0 Å². The Labute approximate surface area is 214 Å². The quantitative estimate of drug-likeness (QED) is 0.375. The summed E-state index contributed by atoms with van der Waals surface area (Å²) in [6, 6.07) is 6.14. The average Bonchev–Trinajstić information content (AvgIpc) is 2.87. The van der Waals surface area contributed by atoms with Gasteiger partial charge in [0, 0.05) is 31.9 Å². The van der Waals surface area contributed by atoms with Crippen molar-refractivity contribution in [2.24, 2.45) is 0 Å². The molecule has 1 aromatic heterocycles. The van der Waals surface area contributed by atoms with E-state index in [1.165, 1.54) is 17.0 Å². The molecule has 3 N–H and O–H groups in total. The molecule has 2 atom stereocenters. The maximum absolute atomic E-state index is 13.5. The summed E-state index contributed by atoms with van der Waals surface area (Å²) in [4.78, 5) is 57.7. The number of imide groups is 1. The van der Waals surface area contributed by atoms with Gasteiger partial charge in [0.2, 0.25) is 0 Å². The van der Waals surface area contributed by atoms with Crippen molar-refractivity contribution in [3.05, 3.63) is 53.3 Å². The topological polar surface area (TPSA) is 149 Å². The summed E-state index contributed by atoms with van der Waals surface area (Å²) in [6.07, 6.45) is 2.05. The van der Waals surface area contributed by atoms with Crippen molar-refractivity contribution in [3.8, 4) is 11.5 Å². The van der Waals surface area contributed by atoms with Crippen LogP contribution in [0.3, 0.4) is 0 Å². The second kappa shape index (κ2) is 11.0. The molecule has 37 heavy (non-hydrogen) atoms. The minimum Gasteiger partial charge on any atom is -0.536 e. The molecule has 1 unspecified atom stereocenters. The molecule has 2 aliphatic rings. The molecule has 4 rings (SSSR count). The van der Waals surface area contributed by atoms with Crippen molar-refractivity contribution >= 4 is 30.7 Å². The van der Waals surface area contributed by atoms with Gasteiger partial charge in [-0.25, -0.2) is 4.79 Å². The molecule has 2 aromatic rings. The van der Waals surface area contributed by atoms with E-state index in [1.54, 1.807) is 0 Å². The highest BCUT2D eigenvalue weighted by atomic mass is 16.5. The van der Waals surface area contributed by atoms with Crippen molar-refractivity contribution in [1.82, 2.24) is 20.1 Å². The van der Waals surface area contributed by atoms with Gasteiger partial charge in [-0.3, -0.25) is 24.3 Å². The number of aromatic hydroxyl groups is 1. The Morgan fingerprint density at radius 1 is 1.22 bits per heavy atom. The molecule has 12 heteroatoms. The standard InChI is InChI=1S/C25H29BN4O7/c1-3-9-29-10-11-30(24(34)23(29)33)25(35)28-21(19-8-7-18(31)14-27-19)20(32)13-17-12-16-6-4-5-15(2)22(16)37-26(17)36/h4-8,14,17,21,31,36H,3,9-13H2,1-2H3,(H,28,35)/t17-,21?/m1/s1. The highest BCUT2D eigenvalue weighted by Crippen LogP contribution is 2.36. The zero-order chi connectivity index (χ0) is 26.7. The molecule has 194 valence electrons. The summed E-state index contributed by atoms with van der Waals surface area (Å²) < 4.78 is 5.68. The Morgan fingerprint density at radius 2 is 2.00 bits per heavy atom. The Kier molecular flexibility index (Phi) is 7.77. The van der Waals surface area contributed by atoms with Crippen LogP contribution in [-0.4, -0.2) is 75.3 Å². The smallest absolute Gasteiger partial charge is 0.526 e. The molecule has 1 fully saturated rings. The number of carbonyl (C=O) groups is 4. The van der Waals surface area contributed by atoms with E-state index in [1.807, 2.05) is 32.0 Å². The van der Waals surface area contributed by atoms with Crippen molar-refractivity contribution in [2.45, 2.75) is 45.0 Å². The number of ketones is 1. The van der Waals surface area contributed by atoms with E-state index in [0.29, 0.717) is 25.1 Å². The number of amides is 4. The number of aromatic nitrogens is 1. The van der Waals surface area contributed by atoms with Crippen LogP contribution in [-0.2, 0) is 20.8 Å². The first kappa shape index (κ1) is 26.1. The number of piperazine rings is 1. The first-order valence-corrected chi connectivity index (χ1v) is 12.2. The van der Waals surface area contributed by atoms with E-state index < -0.39 is 42.6 Å². The Hall–Kier alpha value is -3.93. The predicted octanol–water partition coefficient (Wildman–Crippen LogP) is 1.37. The van der Waals surface area contributed by atoms with E-state index in [9.17, 15) is 29.3 Å². The van der Waals surface area contributed by atoms with Crippen LogP contribution < -0.4 is 9.97 Å². The number of urea groups is 1. The van der Waals surface area contributed by atoms with Crippen LogP contribution in [0.5, 0.6) is 11.5 Å². The summed E-state index contributed by atoms with van der Waals surface area (Å²) >= 11 is 0. The third-order valence-electron chi connectivity index (χ3n) is 6.58. The van der Waals surface area contributed by atoms with Gasteiger partial charge in [0.1, 0.15) is 17.5 Å². The SMILES string of the molecule is CCCN1CCN(C(=O)NC(C(=O)C[C@H]2Cc3cccc(C)c3OB2O)c2ccc(O)cn2)C(=O)C1=O. The maximum Gasteiger partial charge on any atom is 0.526 e. The molecule has 3 heterocycles. The van der Waals surface area contributed by atoms with Gasteiger partial charge < -0.3 is 25.0 Å². The van der Waals surface area contributed by atoms with Crippen molar-refractivity contribution in [1.29, 1.82) is 0 Å².